The number of anilines is 1. The highest BCUT2D eigenvalue weighted by Gasteiger charge is 2.39. The Hall–Kier alpha value is -3.54. The SMILES string of the molecule is COc1cc([C@@H]2C3=C(CCCC3=O)Nc3c2c(C)nn3-c2cccc(C)c2)ccc1O. The average Bonchev–Trinajstić information content (AvgIpc) is 3.09. The highest BCUT2D eigenvalue weighted by atomic mass is 16.5. The van der Waals surface area contributed by atoms with Crippen LogP contribution in [0.4, 0.5) is 5.82 Å². The van der Waals surface area contributed by atoms with Gasteiger partial charge in [0.1, 0.15) is 5.82 Å². The van der Waals surface area contributed by atoms with Crippen LogP contribution in [0.3, 0.4) is 0 Å². The van der Waals surface area contributed by atoms with Crippen LogP contribution in [-0.4, -0.2) is 27.8 Å². The van der Waals surface area contributed by atoms with Crippen LogP contribution < -0.4 is 10.1 Å². The van der Waals surface area contributed by atoms with Gasteiger partial charge in [-0.25, -0.2) is 4.68 Å². The number of fused-ring (bicyclic) bond motifs is 1. The lowest BCUT2D eigenvalue weighted by molar-refractivity contribution is -0.116. The number of nitrogens with zero attached hydrogens (tertiary/aromatic N) is 2. The number of nitrogens with one attached hydrogen (secondary N) is 1. The molecular weight excluding hydrogens is 390 g/mol. The number of hydrogen-bond acceptors (Lipinski definition) is 5. The number of ketones is 1. The molecule has 31 heavy (non-hydrogen) atoms. The Morgan fingerprint density at radius 3 is 2.77 bits per heavy atom. The number of allylic oxidation sites excluding steroid dienone is 2. The van der Waals surface area contributed by atoms with E-state index < -0.39 is 0 Å². The van der Waals surface area contributed by atoms with Crippen molar-refractivity contribution in [3.8, 4) is 17.2 Å². The molecular formula is C25H25N3O3. The summed E-state index contributed by atoms with van der Waals surface area (Å²) in [7, 11) is 1.53. The maximum atomic E-state index is 13.1. The third kappa shape index (κ3) is 3.10. The van der Waals surface area contributed by atoms with Gasteiger partial charge in [-0.3, -0.25) is 4.79 Å². The number of aromatic nitrogens is 2. The molecule has 2 aromatic carbocycles. The summed E-state index contributed by atoms with van der Waals surface area (Å²) < 4.78 is 7.29. The van der Waals surface area contributed by atoms with Crippen molar-refractivity contribution >= 4 is 11.6 Å². The van der Waals surface area contributed by atoms with Crippen molar-refractivity contribution in [2.45, 2.75) is 39.0 Å². The van der Waals surface area contributed by atoms with E-state index in [4.69, 9.17) is 9.84 Å². The Morgan fingerprint density at radius 1 is 1.16 bits per heavy atom. The van der Waals surface area contributed by atoms with Gasteiger partial charge in [0.2, 0.25) is 0 Å². The fourth-order valence-corrected chi connectivity index (χ4v) is 4.77. The van der Waals surface area contributed by atoms with Gasteiger partial charge >= 0.3 is 0 Å². The minimum atomic E-state index is -0.257. The Bertz CT molecular complexity index is 1240. The standard InChI is InChI=1S/C25H25N3O3/c1-14-6-4-7-17(12-14)28-25-22(15(2)27-28)23(16-10-11-19(29)21(13-16)31-3)24-18(26-25)8-5-9-20(24)30/h4,6-7,10-13,23,26,29H,5,8-9H2,1-3H3/t23-/m0/s1. The number of phenols is 1. The predicted octanol–water partition coefficient (Wildman–Crippen LogP) is 4.77. The number of rotatable bonds is 3. The normalized spacial score (nSPS) is 17.8. The summed E-state index contributed by atoms with van der Waals surface area (Å²) in [5, 5.41) is 18.5. The zero-order valence-electron chi connectivity index (χ0n) is 17.9. The zero-order chi connectivity index (χ0) is 21.7. The number of aryl methyl sites for hydroxylation is 2. The topological polar surface area (TPSA) is 76.4 Å². The molecule has 0 amide bonds. The van der Waals surface area contributed by atoms with Crippen molar-refractivity contribution < 1.29 is 14.6 Å². The smallest absolute Gasteiger partial charge is 0.161 e. The minimum Gasteiger partial charge on any atom is -0.504 e. The first-order valence-electron chi connectivity index (χ1n) is 10.5. The lowest BCUT2D eigenvalue weighted by atomic mass is 9.76. The number of carbonyl (C=O) groups excluding carboxylic acids is 1. The van der Waals surface area contributed by atoms with Crippen molar-refractivity contribution in [2.75, 3.05) is 12.4 Å². The molecule has 5 rings (SSSR count). The van der Waals surface area contributed by atoms with Crippen LogP contribution >= 0.6 is 0 Å². The zero-order valence-corrected chi connectivity index (χ0v) is 17.9. The average molecular weight is 415 g/mol. The Balaban J connectivity index is 1.76. The number of aromatic hydroxyl groups is 1. The Labute approximate surface area is 181 Å². The number of hydrogen-bond donors (Lipinski definition) is 2. The van der Waals surface area contributed by atoms with E-state index in [0.717, 1.165) is 58.0 Å². The summed E-state index contributed by atoms with van der Waals surface area (Å²) in [5.41, 5.74) is 6.67. The maximum absolute atomic E-state index is 13.1. The monoisotopic (exact) mass is 415 g/mol. The second-order valence-corrected chi connectivity index (χ2v) is 8.26. The van der Waals surface area contributed by atoms with Crippen molar-refractivity contribution in [2.24, 2.45) is 0 Å². The fraction of sp³-hybridized carbons (Fsp3) is 0.280. The minimum absolute atomic E-state index is 0.0803. The number of ether oxygens (including phenoxy) is 1. The highest BCUT2D eigenvalue weighted by molar-refractivity contribution is 6.01. The van der Waals surface area contributed by atoms with Crippen LogP contribution in [0.5, 0.6) is 11.5 Å². The van der Waals surface area contributed by atoms with E-state index in [2.05, 4.69) is 24.4 Å². The van der Waals surface area contributed by atoms with Crippen LogP contribution in [0.1, 0.15) is 47.6 Å². The van der Waals surface area contributed by atoms with Gasteiger partial charge in [0.15, 0.2) is 17.3 Å². The lowest BCUT2D eigenvalue weighted by Crippen LogP contribution is -2.27. The molecule has 1 aliphatic heterocycles. The van der Waals surface area contributed by atoms with Gasteiger partial charge in [0.05, 0.1) is 18.5 Å². The summed E-state index contributed by atoms with van der Waals surface area (Å²) in [5.74, 6) is 1.28. The van der Waals surface area contributed by atoms with Crippen molar-refractivity contribution in [3.05, 3.63) is 76.1 Å². The molecule has 6 nitrogen and oxygen atoms in total. The molecule has 0 saturated carbocycles. The molecule has 1 aromatic heterocycles. The number of Topliss-reactive ketones (excluding diaryl/α,β-unsaturated/α-hetero) is 1. The van der Waals surface area contributed by atoms with E-state index in [1.807, 2.05) is 35.9 Å². The molecule has 2 heterocycles. The van der Waals surface area contributed by atoms with Gasteiger partial charge in [-0.15, -0.1) is 0 Å². The largest absolute Gasteiger partial charge is 0.504 e. The van der Waals surface area contributed by atoms with Gasteiger partial charge in [0.25, 0.3) is 0 Å². The first-order valence-corrected chi connectivity index (χ1v) is 10.5. The number of phenolic OH excluding ortho intramolecular Hbond substituents is 1. The van der Waals surface area contributed by atoms with E-state index in [1.165, 1.54) is 7.11 Å². The molecule has 1 atom stereocenters. The molecule has 1 aliphatic carbocycles. The fourth-order valence-electron chi connectivity index (χ4n) is 4.77. The van der Waals surface area contributed by atoms with E-state index >= 15 is 0 Å². The molecule has 6 heteroatoms. The molecule has 0 bridgehead atoms. The number of carbonyl (C=O) groups is 1. The summed E-state index contributed by atoms with van der Waals surface area (Å²) in [6, 6.07) is 13.5. The molecule has 0 spiro atoms. The summed E-state index contributed by atoms with van der Waals surface area (Å²) in [6.07, 6.45) is 2.21. The highest BCUT2D eigenvalue weighted by Crippen LogP contribution is 2.48. The molecule has 0 unspecified atom stereocenters. The number of benzene rings is 2. The van der Waals surface area contributed by atoms with Gasteiger partial charge in [-0.1, -0.05) is 18.2 Å². The quantitative estimate of drug-likeness (QED) is 0.645. The van der Waals surface area contributed by atoms with Crippen LogP contribution in [0.15, 0.2) is 53.7 Å². The second kappa shape index (κ2) is 7.30. The van der Waals surface area contributed by atoms with Crippen molar-refractivity contribution in [1.82, 2.24) is 9.78 Å². The third-order valence-corrected chi connectivity index (χ3v) is 6.19. The molecule has 2 N–H and O–H groups in total. The second-order valence-electron chi connectivity index (χ2n) is 8.26. The molecule has 0 saturated heterocycles. The Morgan fingerprint density at radius 2 is 2.00 bits per heavy atom. The molecule has 2 aliphatic rings. The van der Waals surface area contributed by atoms with Gasteiger partial charge in [-0.2, -0.15) is 5.10 Å². The maximum Gasteiger partial charge on any atom is 0.161 e. The first kappa shape index (κ1) is 19.4. The molecule has 158 valence electrons. The van der Waals surface area contributed by atoms with E-state index in [0.29, 0.717) is 12.2 Å². The van der Waals surface area contributed by atoms with Crippen LogP contribution in [-0.2, 0) is 4.79 Å². The van der Waals surface area contributed by atoms with Gasteiger partial charge in [-0.05, 0) is 62.1 Å². The lowest BCUT2D eigenvalue weighted by Gasteiger charge is -2.33. The Kier molecular flexibility index (Phi) is 4.58. The van der Waals surface area contributed by atoms with E-state index in [-0.39, 0.29) is 17.5 Å². The predicted molar refractivity (Wildman–Crippen MR) is 119 cm³/mol. The molecule has 3 aromatic rings. The van der Waals surface area contributed by atoms with E-state index in [9.17, 15) is 9.90 Å². The van der Waals surface area contributed by atoms with Crippen molar-refractivity contribution in [3.63, 3.8) is 0 Å². The first-order chi connectivity index (χ1) is 15.0. The number of methoxy groups -OCH3 is 1. The summed E-state index contributed by atoms with van der Waals surface area (Å²) in [6.45, 7) is 4.04. The molecule has 0 fully saturated rings. The molecule has 0 radical (unpaired) electrons. The van der Waals surface area contributed by atoms with Gasteiger partial charge in [0, 0.05) is 29.2 Å². The van der Waals surface area contributed by atoms with Crippen LogP contribution in [0.2, 0.25) is 0 Å². The van der Waals surface area contributed by atoms with Crippen LogP contribution in [0.25, 0.3) is 5.69 Å². The van der Waals surface area contributed by atoms with Crippen LogP contribution in [0, 0.1) is 13.8 Å². The summed E-state index contributed by atoms with van der Waals surface area (Å²) in [4.78, 5) is 13.1. The van der Waals surface area contributed by atoms with Crippen molar-refractivity contribution in [1.29, 1.82) is 0 Å². The van der Waals surface area contributed by atoms with E-state index in [1.54, 1.807) is 6.07 Å². The summed E-state index contributed by atoms with van der Waals surface area (Å²) >= 11 is 0. The third-order valence-electron chi connectivity index (χ3n) is 6.19. The van der Waals surface area contributed by atoms with Gasteiger partial charge < -0.3 is 15.2 Å².